The summed E-state index contributed by atoms with van der Waals surface area (Å²) in [5.41, 5.74) is 2.33. The Balaban J connectivity index is 1.67. The lowest BCUT2D eigenvalue weighted by Crippen LogP contribution is -2.14. The molecule has 1 N–H and O–H groups in total. The van der Waals surface area contributed by atoms with Crippen LogP contribution >= 0.6 is 50.9 Å². The summed E-state index contributed by atoms with van der Waals surface area (Å²) in [6, 6.07) is 15.6. The lowest BCUT2D eigenvalue weighted by atomic mass is 10.1. The van der Waals surface area contributed by atoms with E-state index < -0.39 is 11.9 Å². The number of rotatable bonds is 8. The molecule has 3 aromatic rings. The summed E-state index contributed by atoms with van der Waals surface area (Å²) >= 11 is 16.8. The maximum absolute atomic E-state index is 13.0. The van der Waals surface area contributed by atoms with Gasteiger partial charge < -0.3 is 19.3 Å². The van der Waals surface area contributed by atoms with E-state index in [4.69, 9.17) is 37.4 Å². The molecule has 0 aliphatic carbocycles. The normalized spacial score (nSPS) is 15.0. The van der Waals surface area contributed by atoms with E-state index in [-0.39, 0.29) is 29.6 Å². The number of ether oxygens (including phenoxy) is 3. The number of carbonyl (C=O) groups excluding carboxylic acids is 2. The molecular weight excluding hydrogens is 653 g/mol. The van der Waals surface area contributed by atoms with Crippen molar-refractivity contribution in [3.63, 3.8) is 0 Å². The highest BCUT2D eigenvalue weighted by Gasteiger charge is 2.34. The Morgan fingerprint density at radius 1 is 1.12 bits per heavy atom. The molecule has 11 heteroatoms. The highest BCUT2D eigenvalue weighted by molar-refractivity contribution is 9.10. The standard InChI is InChI=1S/C30H24BrCl2NO6S/c1-4-39-30(37)25-26(35)24(41-29(25)34-28(36)20-8-6-5-7-16(20)2)13-17-11-21(31)27(23(12-17)38-3)40-15-18-9-10-19(32)14-22(18)33/h5-14,35H,4,15H2,1-3H3/b24-13-,34-29?. The van der Waals surface area contributed by atoms with Crippen molar-refractivity contribution in [1.82, 2.24) is 0 Å². The molecule has 3 aromatic carbocycles. The number of aliphatic hydroxyl groups excluding tert-OH is 1. The Bertz CT molecular complexity index is 1620. The number of nitrogens with zero attached hydrogens (tertiary/aromatic N) is 1. The van der Waals surface area contributed by atoms with E-state index in [1.54, 1.807) is 68.5 Å². The third-order valence-corrected chi connectivity index (χ3v) is 8.08. The summed E-state index contributed by atoms with van der Waals surface area (Å²) in [5, 5.41) is 12.1. The molecule has 0 aromatic heterocycles. The van der Waals surface area contributed by atoms with Gasteiger partial charge in [-0.05, 0) is 77.3 Å². The SMILES string of the molecule is CCOC(=O)C1=C(O)/C(=C/c2cc(Br)c(OCc3ccc(Cl)cc3Cl)c(OC)c2)SC1=NC(=O)c1ccccc1C. The molecule has 0 radical (unpaired) electrons. The lowest BCUT2D eigenvalue weighted by molar-refractivity contribution is -0.138. The Labute approximate surface area is 259 Å². The van der Waals surface area contributed by atoms with E-state index in [1.807, 2.05) is 6.07 Å². The molecule has 0 spiro atoms. The van der Waals surface area contributed by atoms with Crippen molar-refractivity contribution in [3.8, 4) is 11.5 Å². The molecule has 0 saturated carbocycles. The van der Waals surface area contributed by atoms with Crippen LogP contribution in [0.3, 0.4) is 0 Å². The van der Waals surface area contributed by atoms with Gasteiger partial charge in [-0.2, -0.15) is 0 Å². The topological polar surface area (TPSA) is 94.4 Å². The third kappa shape index (κ3) is 7.16. The van der Waals surface area contributed by atoms with Gasteiger partial charge in [-0.15, -0.1) is 0 Å². The van der Waals surface area contributed by atoms with Crippen LogP contribution in [0.1, 0.15) is 34.0 Å². The van der Waals surface area contributed by atoms with Gasteiger partial charge in [-0.3, -0.25) is 4.79 Å². The predicted molar refractivity (Wildman–Crippen MR) is 166 cm³/mol. The average molecular weight is 677 g/mol. The second-order valence-electron chi connectivity index (χ2n) is 8.65. The quantitative estimate of drug-likeness (QED) is 0.240. The lowest BCUT2D eigenvalue weighted by Gasteiger charge is -2.14. The number of aliphatic imine (C=N–C) groups is 1. The van der Waals surface area contributed by atoms with Crippen molar-refractivity contribution in [2.24, 2.45) is 4.99 Å². The van der Waals surface area contributed by atoms with Crippen molar-refractivity contribution in [2.45, 2.75) is 20.5 Å². The molecule has 0 fully saturated rings. The van der Waals surface area contributed by atoms with Crippen molar-refractivity contribution in [2.75, 3.05) is 13.7 Å². The molecule has 0 atom stereocenters. The predicted octanol–water partition coefficient (Wildman–Crippen LogP) is 8.35. The van der Waals surface area contributed by atoms with Crippen LogP contribution in [-0.2, 0) is 16.1 Å². The van der Waals surface area contributed by atoms with E-state index in [1.165, 1.54) is 7.11 Å². The van der Waals surface area contributed by atoms with Crippen LogP contribution in [0, 0.1) is 6.92 Å². The second kappa shape index (κ2) is 13.6. The number of thioether (sulfide) groups is 1. The van der Waals surface area contributed by atoms with Crippen LogP contribution in [0.25, 0.3) is 6.08 Å². The van der Waals surface area contributed by atoms with Crippen LogP contribution in [0.2, 0.25) is 10.0 Å². The van der Waals surface area contributed by atoms with Crippen LogP contribution in [0.15, 0.2) is 80.3 Å². The number of methoxy groups -OCH3 is 1. The van der Waals surface area contributed by atoms with Gasteiger partial charge in [-0.1, -0.05) is 59.2 Å². The Hall–Kier alpha value is -3.24. The van der Waals surface area contributed by atoms with Crippen LogP contribution in [-0.4, -0.2) is 35.7 Å². The largest absolute Gasteiger partial charge is 0.506 e. The molecule has 1 aliphatic heterocycles. The number of carbonyl (C=O) groups is 2. The summed E-state index contributed by atoms with van der Waals surface area (Å²) in [5.74, 6) is -0.791. The third-order valence-electron chi connectivity index (χ3n) is 5.89. The number of hydrogen-bond donors (Lipinski definition) is 1. The first-order valence-corrected chi connectivity index (χ1v) is 14.6. The van der Waals surface area contributed by atoms with Crippen LogP contribution < -0.4 is 9.47 Å². The van der Waals surface area contributed by atoms with Crippen molar-refractivity contribution in [1.29, 1.82) is 0 Å². The van der Waals surface area contributed by atoms with Gasteiger partial charge >= 0.3 is 5.97 Å². The average Bonchev–Trinajstić information content (AvgIpc) is 3.22. The molecule has 212 valence electrons. The van der Waals surface area contributed by atoms with E-state index in [2.05, 4.69) is 20.9 Å². The van der Waals surface area contributed by atoms with Gasteiger partial charge in [0.15, 0.2) is 11.5 Å². The Morgan fingerprint density at radius 3 is 2.56 bits per heavy atom. The smallest absolute Gasteiger partial charge is 0.344 e. The summed E-state index contributed by atoms with van der Waals surface area (Å²) in [6.45, 7) is 3.70. The van der Waals surface area contributed by atoms with Gasteiger partial charge in [-0.25, -0.2) is 9.79 Å². The van der Waals surface area contributed by atoms with Gasteiger partial charge in [0, 0.05) is 21.2 Å². The zero-order valence-corrected chi connectivity index (χ0v) is 26.1. The van der Waals surface area contributed by atoms with Crippen LogP contribution in [0.5, 0.6) is 11.5 Å². The molecule has 4 rings (SSSR count). The zero-order chi connectivity index (χ0) is 29.7. The molecule has 0 bridgehead atoms. The molecule has 7 nitrogen and oxygen atoms in total. The molecule has 41 heavy (non-hydrogen) atoms. The zero-order valence-electron chi connectivity index (χ0n) is 22.2. The number of benzene rings is 3. The van der Waals surface area contributed by atoms with Crippen molar-refractivity contribution >= 4 is 73.9 Å². The van der Waals surface area contributed by atoms with Crippen molar-refractivity contribution < 1.29 is 28.9 Å². The maximum Gasteiger partial charge on any atom is 0.344 e. The van der Waals surface area contributed by atoms with Gasteiger partial charge in [0.1, 0.15) is 23.0 Å². The summed E-state index contributed by atoms with van der Waals surface area (Å²) in [7, 11) is 1.50. The van der Waals surface area contributed by atoms with Gasteiger partial charge in [0.05, 0.1) is 23.1 Å². The molecule has 0 unspecified atom stereocenters. The minimum Gasteiger partial charge on any atom is -0.506 e. The first-order chi connectivity index (χ1) is 19.6. The first kappa shape index (κ1) is 30.7. The highest BCUT2D eigenvalue weighted by Crippen LogP contribution is 2.42. The fraction of sp³-hybridized carbons (Fsp3) is 0.167. The molecule has 1 amide bonds. The number of aliphatic hydroxyl groups is 1. The van der Waals surface area contributed by atoms with E-state index in [0.29, 0.717) is 42.0 Å². The minimum absolute atomic E-state index is 0.0475. The fourth-order valence-electron chi connectivity index (χ4n) is 3.86. The molecule has 1 aliphatic rings. The Kier molecular flexibility index (Phi) is 10.2. The second-order valence-corrected chi connectivity index (χ2v) is 11.4. The van der Waals surface area contributed by atoms with E-state index >= 15 is 0 Å². The van der Waals surface area contributed by atoms with Crippen molar-refractivity contribution in [3.05, 3.63) is 108 Å². The maximum atomic E-state index is 13.0. The summed E-state index contributed by atoms with van der Waals surface area (Å²) in [4.78, 5) is 30.2. The summed E-state index contributed by atoms with van der Waals surface area (Å²) in [6.07, 6.45) is 1.65. The highest BCUT2D eigenvalue weighted by atomic mass is 79.9. The minimum atomic E-state index is -0.777. The van der Waals surface area contributed by atoms with Gasteiger partial charge in [0.2, 0.25) is 0 Å². The first-order valence-electron chi connectivity index (χ1n) is 12.3. The molecule has 1 heterocycles. The Morgan fingerprint density at radius 2 is 1.88 bits per heavy atom. The number of amides is 1. The van der Waals surface area contributed by atoms with E-state index in [9.17, 15) is 14.7 Å². The van der Waals surface area contributed by atoms with E-state index in [0.717, 1.165) is 22.9 Å². The summed E-state index contributed by atoms with van der Waals surface area (Å²) < 4.78 is 17.3. The van der Waals surface area contributed by atoms with Crippen LogP contribution in [0.4, 0.5) is 0 Å². The fourth-order valence-corrected chi connectivity index (χ4v) is 5.91. The van der Waals surface area contributed by atoms with Gasteiger partial charge in [0.25, 0.3) is 5.91 Å². The molecular formula is C30H24BrCl2NO6S. The number of hydrogen-bond acceptors (Lipinski definition) is 7. The molecule has 0 saturated heterocycles. The number of halogens is 3. The number of aryl methyl sites for hydroxylation is 1. The monoisotopic (exact) mass is 675 g/mol. The number of esters is 1.